The summed E-state index contributed by atoms with van der Waals surface area (Å²) in [5.74, 6) is 0.424. The second-order valence-electron chi connectivity index (χ2n) is 11.2. The van der Waals surface area contributed by atoms with Crippen LogP contribution in [0.2, 0.25) is 16.6 Å². The van der Waals surface area contributed by atoms with E-state index in [1.807, 2.05) is 78.9 Å². The van der Waals surface area contributed by atoms with E-state index in [-0.39, 0.29) is 27.9 Å². The van der Waals surface area contributed by atoms with Crippen LogP contribution in [0.4, 0.5) is 0 Å². The zero-order chi connectivity index (χ0) is 28.2. The molecule has 1 heterocycles. The van der Waals surface area contributed by atoms with E-state index in [1.54, 1.807) is 16.7 Å². The second-order valence-corrected chi connectivity index (χ2v) is 16.6. The summed E-state index contributed by atoms with van der Waals surface area (Å²) in [6.07, 6.45) is 0.371. The van der Waals surface area contributed by atoms with Crippen LogP contribution in [0.1, 0.15) is 58.2 Å². The fourth-order valence-corrected chi connectivity index (χ4v) is 11.3. The van der Waals surface area contributed by atoms with Crippen molar-refractivity contribution >= 4 is 8.32 Å². The Labute approximate surface area is 232 Å². The molecule has 0 radical (unpaired) electrons. The van der Waals surface area contributed by atoms with Gasteiger partial charge < -0.3 is 4.43 Å². The van der Waals surface area contributed by atoms with E-state index in [0.29, 0.717) is 30.1 Å². The van der Waals surface area contributed by atoms with Crippen LogP contribution in [0.3, 0.4) is 0 Å². The standard InChI is InChI=1S/C33H40N2O3Si/c1-24(2)39(25(3)4,26(5)6)38-32-30(22-27-16-10-7-11-17-27)31(36)35(29-20-14-9-15-21-29)33(37)34(32)23-28-18-12-8-13-19-28/h7-21,24-26H,22-23H2,1-6H3. The number of hydrogen-bond acceptors (Lipinski definition) is 3. The molecular weight excluding hydrogens is 500 g/mol. The Balaban J connectivity index is 2.09. The molecule has 0 saturated carbocycles. The number of para-hydroxylation sites is 1. The lowest BCUT2D eigenvalue weighted by atomic mass is 10.1. The average molecular weight is 541 g/mol. The average Bonchev–Trinajstić information content (AvgIpc) is 2.92. The Morgan fingerprint density at radius 2 is 1.13 bits per heavy atom. The Kier molecular flexibility index (Phi) is 8.75. The minimum Gasteiger partial charge on any atom is -0.531 e. The normalized spacial score (nSPS) is 11.9. The first-order chi connectivity index (χ1) is 18.7. The van der Waals surface area contributed by atoms with Gasteiger partial charge in [-0.25, -0.2) is 9.36 Å². The summed E-state index contributed by atoms with van der Waals surface area (Å²) in [6, 6.07) is 29.0. The van der Waals surface area contributed by atoms with E-state index in [4.69, 9.17) is 4.43 Å². The molecule has 0 aliphatic rings. The zero-order valence-corrected chi connectivity index (χ0v) is 24.9. The number of aromatic nitrogens is 2. The molecule has 5 nitrogen and oxygen atoms in total. The summed E-state index contributed by atoms with van der Waals surface area (Å²) in [6.45, 7) is 13.6. The van der Waals surface area contributed by atoms with Crippen LogP contribution in [-0.2, 0) is 13.0 Å². The summed E-state index contributed by atoms with van der Waals surface area (Å²) in [5, 5.41) is 0. The van der Waals surface area contributed by atoms with Gasteiger partial charge in [0.25, 0.3) is 13.9 Å². The van der Waals surface area contributed by atoms with Gasteiger partial charge in [0.15, 0.2) is 5.88 Å². The van der Waals surface area contributed by atoms with Crippen LogP contribution < -0.4 is 15.7 Å². The molecule has 0 spiro atoms. The Bertz CT molecular complexity index is 1390. The lowest BCUT2D eigenvalue weighted by molar-refractivity contribution is 0.419. The molecule has 0 atom stereocenters. The predicted octanol–water partition coefficient (Wildman–Crippen LogP) is 7.19. The minimum atomic E-state index is -2.52. The maximum atomic E-state index is 14.3. The van der Waals surface area contributed by atoms with Crippen molar-refractivity contribution in [3.63, 3.8) is 0 Å². The summed E-state index contributed by atoms with van der Waals surface area (Å²) in [5.41, 5.74) is 3.15. The lowest BCUT2D eigenvalue weighted by Gasteiger charge is -2.43. The highest BCUT2D eigenvalue weighted by molar-refractivity contribution is 6.78. The highest BCUT2D eigenvalue weighted by atomic mass is 28.4. The second kappa shape index (κ2) is 12.0. The van der Waals surface area contributed by atoms with Crippen molar-refractivity contribution in [3.8, 4) is 11.6 Å². The van der Waals surface area contributed by atoms with Crippen LogP contribution in [0, 0.1) is 0 Å². The van der Waals surface area contributed by atoms with Crippen LogP contribution >= 0.6 is 0 Å². The van der Waals surface area contributed by atoms with E-state index in [1.165, 1.54) is 4.57 Å². The molecule has 0 aliphatic carbocycles. The number of nitrogens with zero attached hydrogens (tertiary/aromatic N) is 2. The summed E-state index contributed by atoms with van der Waals surface area (Å²) < 4.78 is 10.2. The third-order valence-corrected chi connectivity index (χ3v) is 13.8. The van der Waals surface area contributed by atoms with Gasteiger partial charge in [0.05, 0.1) is 17.8 Å². The molecule has 0 N–H and O–H groups in total. The van der Waals surface area contributed by atoms with E-state index in [0.717, 1.165) is 11.1 Å². The fraction of sp³-hybridized carbons (Fsp3) is 0.333. The van der Waals surface area contributed by atoms with Crippen molar-refractivity contribution in [3.05, 3.63) is 129 Å². The highest BCUT2D eigenvalue weighted by Gasteiger charge is 2.48. The third-order valence-electron chi connectivity index (χ3n) is 7.79. The Morgan fingerprint density at radius 1 is 0.667 bits per heavy atom. The van der Waals surface area contributed by atoms with Gasteiger partial charge >= 0.3 is 5.69 Å². The van der Waals surface area contributed by atoms with Crippen LogP contribution in [0.5, 0.6) is 5.88 Å². The lowest BCUT2D eigenvalue weighted by Crippen LogP contribution is -2.53. The molecule has 204 valence electrons. The maximum absolute atomic E-state index is 14.3. The van der Waals surface area contributed by atoms with E-state index < -0.39 is 8.32 Å². The minimum absolute atomic E-state index is 0.277. The van der Waals surface area contributed by atoms with Gasteiger partial charge in [-0.15, -0.1) is 0 Å². The molecule has 39 heavy (non-hydrogen) atoms. The summed E-state index contributed by atoms with van der Waals surface area (Å²) >= 11 is 0. The van der Waals surface area contributed by atoms with E-state index in [9.17, 15) is 9.59 Å². The van der Waals surface area contributed by atoms with Crippen molar-refractivity contribution in [1.29, 1.82) is 0 Å². The van der Waals surface area contributed by atoms with E-state index in [2.05, 4.69) is 41.5 Å². The Morgan fingerprint density at radius 3 is 1.62 bits per heavy atom. The molecule has 0 bridgehead atoms. The van der Waals surface area contributed by atoms with Gasteiger partial charge in [0.1, 0.15) is 0 Å². The van der Waals surface area contributed by atoms with Crippen molar-refractivity contribution in [1.82, 2.24) is 9.13 Å². The summed E-state index contributed by atoms with van der Waals surface area (Å²) in [7, 11) is -2.52. The number of rotatable bonds is 10. The molecule has 0 amide bonds. The zero-order valence-electron chi connectivity index (χ0n) is 23.9. The molecule has 0 fully saturated rings. The third kappa shape index (κ3) is 5.71. The molecule has 3 aromatic carbocycles. The van der Waals surface area contributed by atoms with Crippen molar-refractivity contribution in [2.24, 2.45) is 0 Å². The van der Waals surface area contributed by atoms with Gasteiger partial charge in [-0.2, -0.15) is 0 Å². The quantitative estimate of drug-likeness (QED) is 0.200. The first-order valence-electron chi connectivity index (χ1n) is 13.9. The topological polar surface area (TPSA) is 53.2 Å². The smallest absolute Gasteiger partial charge is 0.338 e. The molecule has 0 saturated heterocycles. The first-order valence-corrected chi connectivity index (χ1v) is 16.0. The van der Waals surface area contributed by atoms with Crippen molar-refractivity contribution < 1.29 is 4.43 Å². The molecule has 1 aromatic heterocycles. The molecule has 0 unspecified atom stereocenters. The van der Waals surface area contributed by atoms with Crippen molar-refractivity contribution in [2.75, 3.05) is 0 Å². The van der Waals surface area contributed by atoms with E-state index >= 15 is 0 Å². The monoisotopic (exact) mass is 540 g/mol. The van der Waals surface area contributed by atoms with Gasteiger partial charge in [-0.1, -0.05) is 120 Å². The van der Waals surface area contributed by atoms with Crippen LogP contribution in [0.25, 0.3) is 5.69 Å². The largest absolute Gasteiger partial charge is 0.531 e. The predicted molar refractivity (Wildman–Crippen MR) is 163 cm³/mol. The summed E-state index contributed by atoms with van der Waals surface area (Å²) in [4.78, 5) is 28.6. The van der Waals surface area contributed by atoms with Crippen LogP contribution in [0.15, 0.2) is 101 Å². The molecular formula is C33H40N2O3Si. The number of benzene rings is 3. The van der Waals surface area contributed by atoms with Crippen LogP contribution in [-0.4, -0.2) is 17.5 Å². The molecule has 6 heteroatoms. The number of hydrogen-bond donors (Lipinski definition) is 0. The molecule has 0 aliphatic heterocycles. The fourth-order valence-electron chi connectivity index (χ4n) is 5.98. The van der Waals surface area contributed by atoms with Gasteiger partial charge in [-0.3, -0.25) is 9.36 Å². The van der Waals surface area contributed by atoms with Gasteiger partial charge in [0, 0.05) is 6.42 Å². The van der Waals surface area contributed by atoms with Gasteiger partial charge in [0.2, 0.25) is 0 Å². The molecule has 4 aromatic rings. The maximum Gasteiger partial charge on any atom is 0.338 e. The van der Waals surface area contributed by atoms with Gasteiger partial charge in [-0.05, 0) is 39.9 Å². The SMILES string of the molecule is CC(C)[Si](Oc1c(Cc2ccccc2)c(=O)n(-c2ccccc2)c(=O)n1Cc1ccccc1)(C(C)C)C(C)C. The molecule has 4 rings (SSSR count). The Hall–Kier alpha value is -3.64. The van der Waals surface area contributed by atoms with Crippen molar-refractivity contribution in [2.45, 2.75) is 71.1 Å². The first kappa shape index (κ1) is 28.4. The highest BCUT2D eigenvalue weighted by Crippen LogP contribution is 2.43.